The Morgan fingerprint density at radius 2 is 1.62 bits per heavy atom. The molecule has 3 aromatic rings. The highest BCUT2D eigenvalue weighted by Crippen LogP contribution is 2.27. The quantitative estimate of drug-likeness (QED) is 0.532. The standard InChI is InChI=1S/C16H12N2O3/c1-11-2-4-13(5-3-11)16-10-15(17-21-16)12-6-8-14(9-7-12)18(19)20/h2-10H,1H3. The monoisotopic (exact) mass is 280 g/mol. The van der Waals surface area contributed by atoms with Gasteiger partial charge >= 0.3 is 0 Å². The van der Waals surface area contributed by atoms with Crippen LogP contribution in [0.2, 0.25) is 0 Å². The summed E-state index contributed by atoms with van der Waals surface area (Å²) in [6.07, 6.45) is 0. The number of hydrogen-bond acceptors (Lipinski definition) is 4. The van der Waals surface area contributed by atoms with Crippen molar-refractivity contribution in [1.82, 2.24) is 5.16 Å². The number of nitro groups is 1. The predicted molar refractivity (Wildman–Crippen MR) is 78.8 cm³/mol. The minimum absolute atomic E-state index is 0.0565. The fraction of sp³-hybridized carbons (Fsp3) is 0.0625. The van der Waals surface area contributed by atoms with E-state index in [4.69, 9.17) is 4.52 Å². The van der Waals surface area contributed by atoms with Crippen LogP contribution in [0.5, 0.6) is 0 Å². The normalized spacial score (nSPS) is 10.5. The lowest BCUT2D eigenvalue weighted by Gasteiger charge is -1.95. The molecule has 1 heterocycles. The van der Waals surface area contributed by atoms with E-state index in [-0.39, 0.29) is 5.69 Å². The number of hydrogen-bond donors (Lipinski definition) is 0. The molecule has 104 valence electrons. The molecule has 5 heteroatoms. The van der Waals surface area contributed by atoms with Crippen LogP contribution >= 0.6 is 0 Å². The third-order valence-corrected chi connectivity index (χ3v) is 3.22. The van der Waals surface area contributed by atoms with Crippen LogP contribution in [0, 0.1) is 17.0 Å². The predicted octanol–water partition coefficient (Wildman–Crippen LogP) is 4.23. The molecule has 0 saturated carbocycles. The first kappa shape index (κ1) is 13.1. The largest absolute Gasteiger partial charge is 0.356 e. The number of aryl methyl sites for hydroxylation is 1. The SMILES string of the molecule is Cc1ccc(-c2cc(-c3ccc([N+](=O)[O-])cc3)no2)cc1. The van der Waals surface area contributed by atoms with E-state index in [9.17, 15) is 10.1 Å². The Kier molecular flexibility index (Phi) is 3.23. The third kappa shape index (κ3) is 2.67. The van der Waals surface area contributed by atoms with Crippen molar-refractivity contribution in [3.63, 3.8) is 0 Å². The van der Waals surface area contributed by atoms with E-state index in [0.717, 1.165) is 11.1 Å². The average Bonchev–Trinajstić information content (AvgIpc) is 2.98. The Morgan fingerprint density at radius 3 is 2.24 bits per heavy atom. The minimum atomic E-state index is -0.426. The molecule has 0 aliphatic carbocycles. The molecule has 21 heavy (non-hydrogen) atoms. The van der Waals surface area contributed by atoms with Crippen molar-refractivity contribution < 1.29 is 9.45 Å². The van der Waals surface area contributed by atoms with E-state index in [0.29, 0.717) is 11.5 Å². The molecule has 0 radical (unpaired) electrons. The minimum Gasteiger partial charge on any atom is -0.356 e. The molecule has 0 N–H and O–H groups in total. The molecule has 0 spiro atoms. The summed E-state index contributed by atoms with van der Waals surface area (Å²) in [5, 5.41) is 14.7. The summed E-state index contributed by atoms with van der Waals surface area (Å²) in [7, 11) is 0. The summed E-state index contributed by atoms with van der Waals surface area (Å²) in [5.41, 5.74) is 3.61. The molecule has 5 nitrogen and oxygen atoms in total. The van der Waals surface area contributed by atoms with Crippen molar-refractivity contribution in [3.05, 3.63) is 70.3 Å². The van der Waals surface area contributed by atoms with E-state index in [1.165, 1.54) is 17.7 Å². The fourth-order valence-corrected chi connectivity index (χ4v) is 2.02. The second-order valence-corrected chi connectivity index (χ2v) is 4.75. The van der Waals surface area contributed by atoms with Gasteiger partial charge in [0, 0.05) is 29.3 Å². The summed E-state index contributed by atoms with van der Waals surface area (Å²) in [6, 6.07) is 16.0. The van der Waals surface area contributed by atoms with Gasteiger partial charge in [0.05, 0.1) is 4.92 Å². The van der Waals surface area contributed by atoms with E-state index in [1.54, 1.807) is 12.1 Å². The fourth-order valence-electron chi connectivity index (χ4n) is 2.02. The van der Waals surface area contributed by atoms with Crippen LogP contribution in [0.25, 0.3) is 22.6 Å². The first-order chi connectivity index (χ1) is 10.1. The van der Waals surface area contributed by atoms with E-state index in [1.807, 2.05) is 37.3 Å². The highest BCUT2D eigenvalue weighted by molar-refractivity contribution is 5.67. The maximum Gasteiger partial charge on any atom is 0.269 e. The molecule has 3 rings (SSSR count). The molecule has 1 aromatic heterocycles. The van der Waals surface area contributed by atoms with Crippen molar-refractivity contribution in [2.75, 3.05) is 0 Å². The van der Waals surface area contributed by atoms with Gasteiger partial charge in [-0.15, -0.1) is 0 Å². The van der Waals surface area contributed by atoms with Gasteiger partial charge in [-0.25, -0.2) is 0 Å². The van der Waals surface area contributed by atoms with Gasteiger partial charge in [-0.3, -0.25) is 10.1 Å². The Balaban J connectivity index is 1.90. The zero-order chi connectivity index (χ0) is 14.8. The maximum atomic E-state index is 10.6. The zero-order valence-corrected chi connectivity index (χ0v) is 11.3. The Morgan fingerprint density at radius 1 is 1.00 bits per heavy atom. The first-order valence-corrected chi connectivity index (χ1v) is 6.42. The third-order valence-electron chi connectivity index (χ3n) is 3.22. The van der Waals surface area contributed by atoms with Crippen molar-refractivity contribution in [2.24, 2.45) is 0 Å². The number of benzene rings is 2. The molecule has 0 aliphatic rings. The van der Waals surface area contributed by atoms with E-state index < -0.39 is 4.92 Å². The molecular weight excluding hydrogens is 268 g/mol. The lowest BCUT2D eigenvalue weighted by molar-refractivity contribution is -0.384. The molecule has 0 unspecified atom stereocenters. The van der Waals surface area contributed by atoms with Gasteiger partial charge < -0.3 is 4.52 Å². The van der Waals surface area contributed by atoms with Crippen molar-refractivity contribution >= 4 is 5.69 Å². The molecule has 0 bridgehead atoms. The molecule has 0 amide bonds. The smallest absolute Gasteiger partial charge is 0.269 e. The molecule has 0 aliphatic heterocycles. The van der Waals surface area contributed by atoms with Crippen LogP contribution in [0.15, 0.2) is 59.1 Å². The summed E-state index contributed by atoms with van der Waals surface area (Å²) in [4.78, 5) is 10.2. The number of aromatic nitrogens is 1. The van der Waals surface area contributed by atoms with Crippen molar-refractivity contribution in [1.29, 1.82) is 0 Å². The summed E-state index contributed by atoms with van der Waals surface area (Å²) in [5.74, 6) is 0.670. The molecule has 0 fully saturated rings. The summed E-state index contributed by atoms with van der Waals surface area (Å²) >= 11 is 0. The summed E-state index contributed by atoms with van der Waals surface area (Å²) in [6.45, 7) is 2.02. The van der Waals surface area contributed by atoms with Gasteiger partial charge in [-0.2, -0.15) is 0 Å². The van der Waals surface area contributed by atoms with Crippen molar-refractivity contribution in [3.8, 4) is 22.6 Å². The van der Waals surface area contributed by atoms with Gasteiger partial charge in [0.25, 0.3) is 5.69 Å². The topological polar surface area (TPSA) is 69.2 Å². The molecule has 0 atom stereocenters. The van der Waals surface area contributed by atoms with Gasteiger partial charge in [0.15, 0.2) is 5.76 Å². The molecular formula is C16H12N2O3. The van der Waals surface area contributed by atoms with Crippen LogP contribution in [0.3, 0.4) is 0 Å². The van der Waals surface area contributed by atoms with Crippen molar-refractivity contribution in [2.45, 2.75) is 6.92 Å². The van der Waals surface area contributed by atoms with Crippen LogP contribution < -0.4 is 0 Å². The van der Waals surface area contributed by atoms with Crippen LogP contribution in [-0.2, 0) is 0 Å². The average molecular weight is 280 g/mol. The van der Waals surface area contributed by atoms with Gasteiger partial charge in [-0.1, -0.05) is 35.0 Å². The van der Waals surface area contributed by atoms with Gasteiger partial charge in [0.2, 0.25) is 0 Å². The second kappa shape index (κ2) is 5.20. The van der Waals surface area contributed by atoms with Gasteiger partial charge in [-0.05, 0) is 19.1 Å². The summed E-state index contributed by atoms with van der Waals surface area (Å²) < 4.78 is 5.34. The van der Waals surface area contributed by atoms with Crippen LogP contribution in [0.1, 0.15) is 5.56 Å². The highest BCUT2D eigenvalue weighted by atomic mass is 16.6. The number of nitro benzene ring substituents is 1. The first-order valence-electron chi connectivity index (χ1n) is 6.42. The molecule has 2 aromatic carbocycles. The highest BCUT2D eigenvalue weighted by Gasteiger charge is 2.10. The Labute approximate surface area is 121 Å². The number of non-ortho nitro benzene ring substituents is 1. The van der Waals surface area contributed by atoms with E-state index in [2.05, 4.69) is 5.16 Å². The number of rotatable bonds is 3. The second-order valence-electron chi connectivity index (χ2n) is 4.75. The zero-order valence-electron chi connectivity index (χ0n) is 11.3. The Hall–Kier alpha value is -2.95. The van der Waals surface area contributed by atoms with Gasteiger partial charge in [0.1, 0.15) is 5.69 Å². The lowest BCUT2D eigenvalue weighted by atomic mass is 10.1. The number of nitrogens with zero attached hydrogens (tertiary/aromatic N) is 2. The van der Waals surface area contributed by atoms with Crippen LogP contribution in [-0.4, -0.2) is 10.1 Å². The maximum absolute atomic E-state index is 10.6. The lowest BCUT2D eigenvalue weighted by Crippen LogP contribution is -1.87. The van der Waals surface area contributed by atoms with Crippen LogP contribution in [0.4, 0.5) is 5.69 Å². The Bertz CT molecular complexity index is 774. The molecule has 0 saturated heterocycles. The van der Waals surface area contributed by atoms with E-state index >= 15 is 0 Å².